The number of hydrogen-bond donors (Lipinski definition) is 1. The van der Waals surface area contributed by atoms with Gasteiger partial charge in [0.15, 0.2) is 0 Å². The summed E-state index contributed by atoms with van der Waals surface area (Å²) in [4.78, 5) is 17.5. The zero-order valence-corrected chi connectivity index (χ0v) is 16.3. The van der Waals surface area contributed by atoms with E-state index in [0.29, 0.717) is 24.1 Å². The highest BCUT2D eigenvalue weighted by Gasteiger charge is 2.41. The van der Waals surface area contributed by atoms with Crippen molar-refractivity contribution in [2.75, 3.05) is 19.6 Å². The van der Waals surface area contributed by atoms with E-state index in [1.165, 1.54) is 12.3 Å². The van der Waals surface area contributed by atoms with Gasteiger partial charge in [-0.3, -0.25) is 4.79 Å². The molecular formula is C19H29N3O3S. The molecule has 0 aromatic carbocycles. The molecule has 0 spiro atoms. The molecule has 3 heterocycles. The maximum absolute atomic E-state index is 13.3. The normalized spacial score (nSPS) is 30.3. The van der Waals surface area contributed by atoms with Gasteiger partial charge in [-0.25, -0.2) is 8.42 Å². The topological polar surface area (TPSA) is 73.5 Å². The molecule has 1 aliphatic carbocycles. The van der Waals surface area contributed by atoms with Crippen LogP contribution in [0.25, 0.3) is 0 Å². The van der Waals surface area contributed by atoms with Crippen LogP contribution in [0.4, 0.5) is 0 Å². The van der Waals surface area contributed by atoms with Crippen molar-refractivity contribution >= 4 is 15.9 Å². The molecule has 4 rings (SSSR count). The summed E-state index contributed by atoms with van der Waals surface area (Å²) in [5.41, 5.74) is 0.385. The molecule has 6 nitrogen and oxygen atoms in total. The molecule has 1 N–H and O–H groups in total. The van der Waals surface area contributed by atoms with Crippen molar-refractivity contribution < 1.29 is 13.2 Å². The van der Waals surface area contributed by atoms with Gasteiger partial charge in [0.2, 0.25) is 10.0 Å². The second kappa shape index (κ2) is 7.00. The zero-order chi connectivity index (χ0) is 18.3. The number of rotatable bonds is 3. The Balaban J connectivity index is 1.55. The van der Waals surface area contributed by atoms with Gasteiger partial charge < -0.3 is 9.88 Å². The minimum absolute atomic E-state index is 0.0908. The number of carbonyl (C=O) groups excluding carboxylic acids is 1. The maximum Gasteiger partial charge on any atom is 0.270 e. The number of H-pyrrole nitrogens is 1. The van der Waals surface area contributed by atoms with E-state index < -0.39 is 10.0 Å². The number of carbonyl (C=O) groups is 1. The Labute approximate surface area is 156 Å². The first kappa shape index (κ1) is 18.0. The van der Waals surface area contributed by atoms with Gasteiger partial charge in [-0.1, -0.05) is 6.92 Å². The van der Waals surface area contributed by atoms with E-state index in [2.05, 4.69) is 11.9 Å². The molecule has 0 bridgehead atoms. The Hall–Kier alpha value is -1.34. The molecule has 1 aromatic heterocycles. The fourth-order valence-electron chi connectivity index (χ4n) is 5.02. The summed E-state index contributed by atoms with van der Waals surface area (Å²) in [7, 11) is -3.55. The molecule has 0 radical (unpaired) electrons. The first-order valence-electron chi connectivity index (χ1n) is 9.96. The van der Waals surface area contributed by atoms with Gasteiger partial charge in [-0.05, 0) is 62.8 Å². The smallest absolute Gasteiger partial charge is 0.270 e. The molecule has 0 unspecified atom stereocenters. The Morgan fingerprint density at radius 2 is 1.88 bits per heavy atom. The standard InChI is InChI=1S/C19H29N3O3S/c1-14-6-7-18-15(11-14)5-4-10-22(18)26(24,25)16-12-17(20-13-16)19(23)21-8-2-3-9-21/h12-15,18,20H,2-11H2,1H3/t14-,15-,18-/m1/s1. The highest BCUT2D eigenvalue weighted by molar-refractivity contribution is 7.89. The molecule has 144 valence electrons. The fourth-order valence-corrected chi connectivity index (χ4v) is 6.77. The molecule has 7 heteroatoms. The van der Waals surface area contributed by atoms with Gasteiger partial charge >= 0.3 is 0 Å². The molecule has 3 fully saturated rings. The van der Waals surface area contributed by atoms with E-state index in [-0.39, 0.29) is 16.8 Å². The van der Waals surface area contributed by atoms with Crippen LogP contribution in [0.2, 0.25) is 0 Å². The van der Waals surface area contributed by atoms with Gasteiger partial charge in [-0.2, -0.15) is 4.31 Å². The number of hydrogen-bond acceptors (Lipinski definition) is 3. The number of sulfonamides is 1. The van der Waals surface area contributed by atoms with E-state index in [0.717, 1.165) is 58.0 Å². The zero-order valence-electron chi connectivity index (χ0n) is 15.5. The highest BCUT2D eigenvalue weighted by Crippen LogP contribution is 2.40. The molecule has 2 aliphatic heterocycles. The van der Waals surface area contributed by atoms with E-state index in [1.807, 2.05) is 0 Å². The Morgan fingerprint density at radius 3 is 2.65 bits per heavy atom. The predicted molar refractivity (Wildman–Crippen MR) is 99.3 cm³/mol. The lowest BCUT2D eigenvalue weighted by molar-refractivity contribution is 0.0787. The highest BCUT2D eigenvalue weighted by atomic mass is 32.2. The maximum atomic E-state index is 13.3. The minimum Gasteiger partial charge on any atom is -0.356 e. The molecular weight excluding hydrogens is 350 g/mol. The second-order valence-electron chi connectivity index (χ2n) is 8.25. The van der Waals surface area contributed by atoms with Crippen molar-refractivity contribution in [3.05, 3.63) is 18.0 Å². The summed E-state index contributed by atoms with van der Waals surface area (Å²) in [6.45, 7) is 4.38. The number of piperidine rings is 1. The van der Waals surface area contributed by atoms with Crippen LogP contribution in [0.5, 0.6) is 0 Å². The largest absolute Gasteiger partial charge is 0.356 e. The number of amides is 1. The van der Waals surface area contributed by atoms with Crippen molar-refractivity contribution in [1.29, 1.82) is 0 Å². The molecule has 3 atom stereocenters. The third-order valence-electron chi connectivity index (χ3n) is 6.41. The predicted octanol–water partition coefficient (Wildman–Crippen LogP) is 2.84. The number of likely N-dealkylation sites (tertiary alicyclic amines) is 1. The summed E-state index contributed by atoms with van der Waals surface area (Å²) in [5, 5.41) is 0. The summed E-state index contributed by atoms with van der Waals surface area (Å²) in [6, 6.07) is 1.66. The number of aromatic nitrogens is 1. The fraction of sp³-hybridized carbons (Fsp3) is 0.737. The van der Waals surface area contributed by atoms with Crippen LogP contribution in [0.1, 0.15) is 62.4 Å². The van der Waals surface area contributed by atoms with Gasteiger partial charge in [0.1, 0.15) is 10.6 Å². The summed E-state index contributed by atoms with van der Waals surface area (Å²) in [6.07, 6.45) is 8.77. The first-order valence-corrected chi connectivity index (χ1v) is 11.4. The van der Waals surface area contributed by atoms with Crippen molar-refractivity contribution in [3.63, 3.8) is 0 Å². The monoisotopic (exact) mass is 379 g/mol. The van der Waals surface area contributed by atoms with Crippen LogP contribution in [-0.2, 0) is 10.0 Å². The van der Waals surface area contributed by atoms with Gasteiger partial charge in [0.05, 0.1) is 0 Å². The van der Waals surface area contributed by atoms with Gasteiger partial charge in [-0.15, -0.1) is 0 Å². The Morgan fingerprint density at radius 1 is 1.12 bits per heavy atom. The van der Waals surface area contributed by atoms with Crippen molar-refractivity contribution in [2.45, 2.75) is 62.8 Å². The summed E-state index contributed by atoms with van der Waals surface area (Å²) in [5.74, 6) is 1.08. The molecule has 3 aliphatic rings. The van der Waals surface area contributed by atoms with E-state index in [9.17, 15) is 13.2 Å². The number of nitrogens with one attached hydrogen (secondary N) is 1. The molecule has 26 heavy (non-hydrogen) atoms. The van der Waals surface area contributed by atoms with Crippen molar-refractivity contribution in [1.82, 2.24) is 14.2 Å². The molecule has 1 amide bonds. The van der Waals surface area contributed by atoms with Gasteiger partial charge in [0.25, 0.3) is 5.91 Å². The third-order valence-corrected chi connectivity index (χ3v) is 8.32. The van der Waals surface area contributed by atoms with E-state index in [4.69, 9.17) is 0 Å². The van der Waals surface area contributed by atoms with Crippen LogP contribution in [-0.4, -0.2) is 54.2 Å². The third kappa shape index (κ3) is 3.20. The lowest BCUT2D eigenvalue weighted by Crippen LogP contribution is -2.50. The SMILES string of the molecule is C[C@@H]1CC[C@@H]2[C@H](CCCN2S(=O)(=O)c2c[nH]c(C(=O)N3CCCC3)c2)C1. The second-order valence-corrected chi connectivity index (χ2v) is 10.1. The van der Waals surface area contributed by atoms with Crippen LogP contribution in [0, 0.1) is 11.8 Å². The summed E-state index contributed by atoms with van der Waals surface area (Å²) >= 11 is 0. The van der Waals surface area contributed by atoms with Crippen molar-refractivity contribution in [2.24, 2.45) is 11.8 Å². The van der Waals surface area contributed by atoms with Crippen LogP contribution < -0.4 is 0 Å². The average Bonchev–Trinajstić information content (AvgIpc) is 3.32. The molecule has 2 saturated heterocycles. The van der Waals surface area contributed by atoms with Crippen molar-refractivity contribution in [3.8, 4) is 0 Å². The molecule has 1 aromatic rings. The van der Waals surface area contributed by atoms with E-state index in [1.54, 1.807) is 9.21 Å². The lowest BCUT2D eigenvalue weighted by Gasteiger charge is -2.44. The van der Waals surface area contributed by atoms with Gasteiger partial charge in [0, 0.05) is 31.9 Å². The van der Waals surface area contributed by atoms with Crippen LogP contribution in [0.3, 0.4) is 0 Å². The van der Waals surface area contributed by atoms with Crippen LogP contribution in [0.15, 0.2) is 17.2 Å². The van der Waals surface area contributed by atoms with Crippen LogP contribution >= 0.6 is 0 Å². The van der Waals surface area contributed by atoms with E-state index >= 15 is 0 Å². The quantitative estimate of drug-likeness (QED) is 0.878. The Bertz CT molecular complexity index is 767. The number of fused-ring (bicyclic) bond motifs is 1. The number of aromatic amines is 1. The first-order chi connectivity index (χ1) is 12.5. The Kier molecular flexibility index (Phi) is 4.86. The average molecular weight is 380 g/mol. The minimum atomic E-state index is -3.55. The summed E-state index contributed by atoms with van der Waals surface area (Å²) < 4.78 is 28.2. The molecule has 1 saturated carbocycles. The lowest BCUT2D eigenvalue weighted by atomic mass is 9.75. The number of nitrogens with zero attached hydrogens (tertiary/aromatic N) is 2.